The summed E-state index contributed by atoms with van der Waals surface area (Å²) >= 11 is 0. The molecular formula is C24H40O7Si. The lowest BCUT2D eigenvalue weighted by atomic mass is 10.1. The number of methoxy groups -OCH3 is 1. The second-order valence-corrected chi connectivity index (χ2v) is 10.0. The number of aliphatic carboxylic acids is 1. The van der Waals surface area contributed by atoms with Crippen molar-refractivity contribution in [2.24, 2.45) is 0 Å². The van der Waals surface area contributed by atoms with Gasteiger partial charge in [-0.15, -0.1) is 0 Å². The standard InChI is InChI=1S/C24H40O7Si/c1-6-10-11-12-13-14-24(32(28-7-2,29-8-3)30-9-4)31-21-17-15-20(16-18-23(25)26)19-22(21)27-5/h15-19,24H,6-14H2,1-5H3,(H,25,26)/b18-16+. The van der Waals surface area contributed by atoms with Gasteiger partial charge in [-0.1, -0.05) is 38.7 Å². The quantitative estimate of drug-likeness (QED) is 0.173. The van der Waals surface area contributed by atoms with Crippen LogP contribution in [0.5, 0.6) is 11.5 Å². The zero-order valence-electron chi connectivity index (χ0n) is 20.2. The molecular weight excluding hydrogens is 428 g/mol. The van der Waals surface area contributed by atoms with E-state index in [2.05, 4.69) is 6.92 Å². The molecule has 0 saturated carbocycles. The zero-order chi connectivity index (χ0) is 23.8. The number of unbranched alkanes of at least 4 members (excludes halogenated alkanes) is 4. The molecule has 1 atom stereocenters. The highest BCUT2D eigenvalue weighted by Gasteiger charge is 2.51. The van der Waals surface area contributed by atoms with Gasteiger partial charge in [0.15, 0.2) is 17.2 Å². The van der Waals surface area contributed by atoms with Crippen LogP contribution in [0, 0.1) is 0 Å². The predicted octanol–water partition coefficient (Wildman–Crippen LogP) is 5.49. The molecule has 1 rings (SSSR count). The molecule has 0 spiro atoms. The van der Waals surface area contributed by atoms with E-state index in [-0.39, 0.29) is 5.73 Å². The normalized spacial score (nSPS) is 12.8. The Bertz CT molecular complexity index is 676. The minimum Gasteiger partial charge on any atom is -0.493 e. The Balaban J connectivity index is 3.21. The largest absolute Gasteiger partial charge is 0.543 e. The minimum atomic E-state index is -3.13. The van der Waals surface area contributed by atoms with Gasteiger partial charge in [-0.3, -0.25) is 0 Å². The third-order valence-electron chi connectivity index (χ3n) is 4.88. The Labute approximate surface area is 194 Å². The van der Waals surface area contributed by atoms with E-state index in [4.69, 9.17) is 27.9 Å². The molecule has 0 fully saturated rings. The van der Waals surface area contributed by atoms with Gasteiger partial charge in [0.1, 0.15) is 0 Å². The lowest BCUT2D eigenvalue weighted by molar-refractivity contribution is -0.131. The van der Waals surface area contributed by atoms with Gasteiger partial charge in [0.05, 0.1) is 7.11 Å². The molecule has 1 aromatic carbocycles. The summed E-state index contributed by atoms with van der Waals surface area (Å²) in [5.41, 5.74) is 0.328. The summed E-state index contributed by atoms with van der Waals surface area (Å²) in [6.07, 6.45) is 9.03. The third kappa shape index (κ3) is 9.32. The number of ether oxygens (including phenoxy) is 2. The number of carboxylic acids is 1. The average molecular weight is 469 g/mol. The lowest BCUT2D eigenvalue weighted by Gasteiger charge is -2.35. The fourth-order valence-electron chi connectivity index (χ4n) is 3.45. The highest BCUT2D eigenvalue weighted by atomic mass is 28.4. The Morgan fingerprint density at radius 3 is 2.12 bits per heavy atom. The minimum absolute atomic E-state index is 0.377. The molecule has 32 heavy (non-hydrogen) atoms. The number of hydrogen-bond acceptors (Lipinski definition) is 6. The Hall–Kier alpha value is -1.87. The van der Waals surface area contributed by atoms with Crippen LogP contribution >= 0.6 is 0 Å². The van der Waals surface area contributed by atoms with Crippen LogP contribution in [-0.4, -0.2) is 52.5 Å². The van der Waals surface area contributed by atoms with Crippen molar-refractivity contribution < 1.29 is 32.7 Å². The van der Waals surface area contributed by atoms with Crippen molar-refractivity contribution >= 4 is 20.8 Å². The molecule has 182 valence electrons. The van der Waals surface area contributed by atoms with E-state index in [9.17, 15) is 4.79 Å². The number of rotatable bonds is 18. The van der Waals surface area contributed by atoms with E-state index in [0.29, 0.717) is 36.9 Å². The van der Waals surface area contributed by atoms with Crippen molar-refractivity contribution in [2.75, 3.05) is 26.9 Å². The molecule has 0 amide bonds. The second kappa shape index (κ2) is 15.9. The van der Waals surface area contributed by atoms with Crippen LogP contribution in [0.4, 0.5) is 0 Å². The summed E-state index contributed by atoms with van der Waals surface area (Å²) in [6.45, 7) is 9.41. The summed E-state index contributed by atoms with van der Waals surface area (Å²) in [5.74, 6) is 0.0591. The maximum Gasteiger partial charge on any atom is 0.543 e. The molecule has 7 nitrogen and oxygen atoms in total. The van der Waals surface area contributed by atoms with Gasteiger partial charge in [-0.25, -0.2) is 4.79 Å². The molecule has 0 aromatic heterocycles. The molecule has 1 aromatic rings. The van der Waals surface area contributed by atoms with Crippen LogP contribution in [0.2, 0.25) is 0 Å². The summed E-state index contributed by atoms with van der Waals surface area (Å²) in [4.78, 5) is 10.8. The summed E-state index contributed by atoms with van der Waals surface area (Å²) in [7, 11) is -1.56. The molecule has 1 unspecified atom stereocenters. The van der Waals surface area contributed by atoms with Gasteiger partial charge in [-0.05, 0) is 57.4 Å². The lowest BCUT2D eigenvalue weighted by Crippen LogP contribution is -2.59. The van der Waals surface area contributed by atoms with Crippen LogP contribution in [0.25, 0.3) is 6.08 Å². The topological polar surface area (TPSA) is 83.5 Å². The van der Waals surface area contributed by atoms with Crippen LogP contribution in [0.3, 0.4) is 0 Å². The van der Waals surface area contributed by atoms with Crippen molar-refractivity contribution in [1.82, 2.24) is 0 Å². The van der Waals surface area contributed by atoms with E-state index in [1.165, 1.54) is 25.3 Å². The number of carboxylic acid groups (broad SMARTS) is 1. The first-order chi connectivity index (χ1) is 15.5. The first-order valence-electron chi connectivity index (χ1n) is 11.6. The highest BCUT2D eigenvalue weighted by Crippen LogP contribution is 2.33. The third-order valence-corrected chi connectivity index (χ3v) is 8.14. The van der Waals surface area contributed by atoms with E-state index < -0.39 is 14.8 Å². The first-order valence-corrected chi connectivity index (χ1v) is 13.4. The molecule has 0 bridgehead atoms. The van der Waals surface area contributed by atoms with Crippen molar-refractivity contribution in [1.29, 1.82) is 0 Å². The maximum atomic E-state index is 10.8. The highest BCUT2D eigenvalue weighted by molar-refractivity contribution is 6.62. The average Bonchev–Trinajstić information content (AvgIpc) is 2.77. The summed E-state index contributed by atoms with van der Waals surface area (Å²) in [5, 5.41) is 8.87. The van der Waals surface area contributed by atoms with Crippen LogP contribution in [0.1, 0.15) is 71.8 Å². The van der Waals surface area contributed by atoms with Crippen molar-refractivity contribution in [3.8, 4) is 11.5 Å². The smallest absolute Gasteiger partial charge is 0.493 e. The van der Waals surface area contributed by atoms with Gasteiger partial charge < -0.3 is 27.9 Å². The Morgan fingerprint density at radius 2 is 1.59 bits per heavy atom. The van der Waals surface area contributed by atoms with E-state index in [1.54, 1.807) is 25.3 Å². The number of hydrogen-bond donors (Lipinski definition) is 1. The monoisotopic (exact) mass is 468 g/mol. The first kappa shape index (κ1) is 28.2. The van der Waals surface area contributed by atoms with E-state index >= 15 is 0 Å². The van der Waals surface area contributed by atoms with Gasteiger partial charge in [0.2, 0.25) is 0 Å². The summed E-state index contributed by atoms with van der Waals surface area (Å²) < 4.78 is 30.4. The Kier molecular flexibility index (Phi) is 13.9. The molecule has 8 heteroatoms. The van der Waals surface area contributed by atoms with Crippen LogP contribution < -0.4 is 9.47 Å². The zero-order valence-corrected chi connectivity index (χ0v) is 21.2. The molecule has 0 aliphatic rings. The van der Waals surface area contributed by atoms with Crippen molar-refractivity contribution in [3.05, 3.63) is 29.8 Å². The summed E-state index contributed by atoms with van der Waals surface area (Å²) in [6, 6.07) is 5.33. The Morgan fingerprint density at radius 1 is 0.969 bits per heavy atom. The molecule has 0 heterocycles. The maximum absolute atomic E-state index is 10.8. The van der Waals surface area contributed by atoms with Crippen molar-refractivity contribution in [3.63, 3.8) is 0 Å². The fourth-order valence-corrected chi connectivity index (χ4v) is 6.30. The van der Waals surface area contributed by atoms with E-state index in [1.807, 2.05) is 20.8 Å². The van der Waals surface area contributed by atoms with Gasteiger partial charge >= 0.3 is 14.8 Å². The van der Waals surface area contributed by atoms with Crippen LogP contribution in [-0.2, 0) is 18.1 Å². The number of benzene rings is 1. The van der Waals surface area contributed by atoms with Gasteiger partial charge in [0, 0.05) is 25.9 Å². The van der Waals surface area contributed by atoms with E-state index in [0.717, 1.165) is 25.3 Å². The van der Waals surface area contributed by atoms with Gasteiger partial charge in [-0.2, -0.15) is 0 Å². The predicted molar refractivity (Wildman–Crippen MR) is 128 cm³/mol. The molecule has 1 N–H and O–H groups in total. The molecule has 0 saturated heterocycles. The molecule has 0 aliphatic carbocycles. The molecule has 0 radical (unpaired) electrons. The SMILES string of the molecule is CCCCCCCC(Oc1ccc(/C=C/C(=O)O)cc1OC)[Si](OCC)(OCC)OCC. The number of carbonyl (C=O) groups is 1. The fraction of sp³-hybridized carbons (Fsp3) is 0.625. The molecule has 0 aliphatic heterocycles. The van der Waals surface area contributed by atoms with Gasteiger partial charge in [0.25, 0.3) is 0 Å². The second-order valence-electron chi connectivity index (χ2n) is 7.29. The van der Waals surface area contributed by atoms with Crippen LogP contribution in [0.15, 0.2) is 24.3 Å². The van der Waals surface area contributed by atoms with Crippen molar-refractivity contribution in [2.45, 2.75) is 71.9 Å².